The summed E-state index contributed by atoms with van der Waals surface area (Å²) < 4.78 is 6.32. The first-order valence-corrected chi connectivity index (χ1v) is 8.05. The minimum absolute atomic E-state index is 0.213. The summed E-state index contributed by atoms with van der Waals surface area (Å²) in [5, 5.41) is 13.0. The van der Waals surface area contributed by atoms with E-state index in [-0.39, 0.29) is 17.7 Å². The van der Waals surface area contributed by atoms with Crippen molar-refractivity contribution in [2.45, 2.75) is 13.3 Å². The summed E-state index contributed by atoms with van der Waals surface area (Å²) in [5.41, 5.74) is 7.78. The van der Waals surface area contributed by atoms with E-state index in [2.05, 4.69) is 16.4 Å². The number of amides is 1. The first kappa shape index (κ1) is 15.9. The van der Waals surface area contributed by atoms with Crippen LogP contribution >= 0.6 is 0 Å². The summed E-state index contributed by atoms with van der Waals surface area (Å²) in [6, 6.07) is 7.23. The molecular formula is C18H15N5O3. The molecule has 2 aromatic heterocycles. The molecule has 1 saturated carbocycles. The first-order valence-electron chi connectivity index (χ1n) is 8.05. The molecule has 4 rings (SSSR count). The number of carbonyl (C=O) groups excluding carboxylic acids is 1. The zero-order valence-electron chi connectivity index (χ0n) is 13.9. The molecule has 2 heterocycles. The number of nitrogens with two attached hydrogens (primary N) is 1. The van der Waals surface area contributed by atoms with Crippen LogP contribution in [0.4, 0.5) is 11.5 Å². The number of oxazole rings is 1. The highest BCUT2D eigenvalue weighted by atomic mass is 16.4. The number of carbonyl (C=O) groups is 1. The fourth-order valence-electron chi connectivity index (χ4n) is 3.01. The van der Waals surface area contributed by atoms with Gasteiger partial charge in [0.1, 0.15) is 12.1 Å². The van der Waals surface area contributed by atoms with Crippen LogP contribution in [0.3, 0.4) is 0 Å². The van der Waals surface area contributed by atoms with Gasteiger partial charge in [0.25, 0.3) is 0 Å². The van der Waals surface area contributed by atoms with Crippen molar-refractivity contribution in [1.82, 2.24) is 9.55 Å². The van der Waals surface area contributed by atoms with E-state index in [9.17, 15) is 9.59 Å². The number of nitrogen functional groups attached to an aromatic ring is 1. The maximum Gasteiger partial charge on any atom is 0.423 e. The van der Waals surface area contributed by atoms with Gasteiger partial charge < -0.3 is 15.5 Å². The minimum Gasteiger partial charge on any atom is -0.416 e. The lowest BCUT2D eigenvalue weighted by Crippen LogP contribution is -2.15. The molecule has 0 bridgehead atoms. The summed E-state index contributed by atoms with van der Waals surface area (Å²) in [6.07, 6.45) is 3.53. The molecule has 1 aliphatic carbocycles. The van der Waals surface area contributed by atoms with Crippen LogP contribution < -0.4 is 16.8 Å². The van der Waals surface area contributed by atoms with Gasteiger partial charge in [-0.1, -0.05) is 0 Å². The zero-order chi connectivity index (χ0) is 18.4. The van der Waals surface area contributed by atoms with Crippen LogP contribution in [0.25, 0.3) is 16.5 Å². The number of aryl methyl sites for hydroxylation is 1. The van der Waals surface area contributed by atoms with Crippen LogP contribution in [0.2, 0.25) is 0 Å². The van der Waals surface area contributed by atoms with Crippen LogP contribution in [0.5, 0.6) is 0 Å². The molecule has 26 heavy (non-hydrogen) atoms. The molecule has 8 nitrogen and oxygen atoms in total. The number of anilines is 2. The number of hydrogen-bond acceptors (Lipinski definition) is 6. The van der Waals surface area contributed by atoms with Crippen molar-refractivity contribution >= 4 is 28.2 Å². The lowest BCUT2D eigenvalue weighted by Gasteiger charge is -2.10. The van der Waals surface area contributed by atoms with Gasteiger partial charge in [0.2, 0.25) is 5.91 Å². The molecule has 3 aromatic rings. The minimum atomic E-state index is -0.500. The van der Waals surface area contributed by atoms with Gasteiger partial charge in [-0.2, -0.15) is 5.26 Å². The van der Waals surface area contributed by atoms with Crippen molar-refractivity contribution in [3.8, 4) is 11.8 Å². The van der Waals surface area contributed by atoms with E-state index in [4.69, 9.17) is 15.4 Å². The van der Waals surface area contributed by atoms with E-state index < -0.39 is 5.76 Å². The highest BCUT2D eigenvalue weighted by Gasteiger charge is 2.43. The Balaban J connectivity index is 1.72. The normalized spacial score (nSPS) is 18.5. The maximum absolute atomic E-state index is 12.1. The Morgan fingerprint density at radius 3 is 2.92 bits per heavy atom. The lowest BCUT2D eigenvalue weighted by molar-refractivity contribution is -0.117. The summed E-state index contributed by atoms with van der Waals surface area (Å²) in [7, 11) is 0. The van der Waals surface area contributed by atoms with Gasteiger partial charge in [-0.15, -0.1) is 0 Å². The van der Waals surface area contributed by atoms with E-state index in [0.717, 1.165) is 5.39 Å². The zero-order valence-corrected chi connectivity index (χ0v) is 13.9. The Kier molecular flexibility index (Phi) is 3.51. The van der Waals surface area contributed by atoms with Crippen LogP contribution in [0, 0.1) is 30.1 Å². The van der Waals surface area contributed by atoms with Gasteiger partial charge in [-0.05, 0) is 36.9 Å². The number of nitriles is 1. The van der Waals surface area contributed by atoms with E-state index in [1.165, 1.54) is 10.8 Å². The number of aromatic nitrogens is 2. The highest BCUT2D eigenvalue weighted by molar-refractivity contribution is 5.99. The van der Waals surface area contributed by atoms with Crippen molar-refractivity contribution in [2.24, 2.45) is 11.8 Å². The average Bonchev–Trinajstić information content (AvgIpc) is 3.33. The molecule has 0 spiro atoms. The third-order valence-corrected chi connectivity index (χ3v) is 4.52. The van der Waals surface area contributed by atoms with Crippen molar-refractivity contribution in [2.75, 3.05) is 11.1 Å². The first-order chi connectivity index (χ1) is 12.5. The number of fused-ring (bicyclic) bond motifs is 1. The van der Waals surface area contributed by atoms with Gasteiger partial charge in [-0.3, -0.25) is 4.79 Å². The van der Waals surface area contributed by atoms with Crippen LogP contribution in [-0.2, 0) is 4.79 Å². The number of nitrogens with zero attached hydrogens (tertiary/aromatic N) is 3. The number of hydrogen-bond donors (Lipinski definition) is 2. The Morgan fingerprint density at radius 1 is 1.46 bits per heavy atom. The van der Waals surface area contributed by atoms with Crippen molar-refractivity contribution in [3.63, 3.8) is 0 Å². The predicted octanol–water partition coefficient (Wildman–Crippen LogP) is 1.97. The third kappa shape index (κ3) is 2.59. The van der Waals surface area contributed by atoms with Crippen LogP contribution in [0.1, 0.15) is 12.1 Å². The second-order valence-electron chi connectivity index (χ2n) is 6.37. The molecule has 130 valence electrons. The predicted molar refractivity (Wildman–Crippen MR) is 94.6 cm³/mol. The molecule has 8 heteroatoms. The SMILES string of the molecule is Cc1coc(=O)n1-c1cc(N)c2cnc(NC(=O)[C@@H]3CC3C#N)cc2c1. The van der Waals surface area contributed by atoms with Gasteiger partial charge in [0.15, 0.2) is 0 Å². The molecular weight excluding hydrogens is 334 g/mol. The van der Waals surface area contributed by atoms with Gasteiger partial charge in [0, 0.05) is 17.3 Å². The van der Waals surface area contributed by atoms with E-state index in [0.29, 0.717) is 34.7 Å². The Morgan fingerprint density at radius 2 is 2.27 bits per heavy atom. The van der Waals surface area contributed by atoms with Gasteiger partial charge >= 0.3 is 5.76 Å². The summed E-state index contributed by atoms with van der Waals surface area (Å²) in [6.45, 7) is 1.75. The molecule has 1 aromatic carbocycles. The molecule has 3 N–H and O–H groups in total. The second kappa shape index (κ2) is 5.74. The van der Waals surface area contributed by atoms with Crippen LogP contribution in [0.15, 0.2) is 39.9 Å². The van der Waals surface area contributed by atoms with Crippen LogP contribution in [-0.4, -0.2) is 15.5 Å². The molecule has 1 amide bonds. The number of benzene rings is 1. The van der Waals surface area contributed by atoms with Crippen molar-refractivity contribution in [3.05, 3.63) is 46.9 Å². The van der Waals surface area contributed by atoms with E-state index in [1.807, 2.05) is 0 Å². The summed E-state index contributed by atoms with van der Waals surface area (Å²) >= 11 is 0. The smallest absolute Gasteiger partial charge is 0.416 e. The second-order valence-corrected chi connectivity index (χ2v) is 6.37. The fourth-order valence-corrected chi connectivity index (χ4v) is 3.01. The molecule has 0 aliphatic heterocycles. The average molecular weight is 349 g/mol. The Hall–Kier alpha value is -3.60. The number of pyridine rings is 1. The Bertz CT molecular complexity index is 1140. The van der Waals surface area contributed by atoms with Crippen molar-refractivity contribution in [1.29, 1.82) is 5.26 Å². The number of nitrogens with one attached hydrogen (secondary N) is 1. The standard InChI is InChI=1S/C18H15N5O3/c1-9-8-26-18(25)23(9)12-2-10-4-16(21-7-14(10)15(20)5-12)22-17(24)13-3-11(13)6-19/h2,4-5,7-8,11,13H,3,20H2,1H3,(H,21,22,24)/t11?,13-/m1/s1. The molecule has 1 unspecified atom stereocenters. The quantitative estimate of drug-likeness (QED) is 0.696. The molecule has 1 aliphatic rings. The Labute approximate surface area is 147 Å². The lowest BCUT2D eigenvalue weighted by atomic mass is 10.1. The van der Waals surface area contributed by atoms with E-state index >= 15 is 0 Å². The fraction of sp³-hybridized carbons (Fsp3) is 0.222. The maximum atomic E-state index is 12.1. The molecule has 0 saturated heterocycles. The molecule has 0 radical (unpaired) electrons. The highest BCUT2D eigenvalue weighted by Crippen LogP contribution is 2.38. The molecule has 2 atom stereocenters. The summed E-state index contributed by atoms with van der Waals surface area (Å²) in [4.78, 5) is 28.2. The van der Waals surface area contributed by atoms with E-state index in [1.54, 1.807) is 31.3 Å². The monoisotopic (exact) mass is 349 g/mol. The summed E-state index contributed by atoms with van der Waals surface area (Å²) in [5.74, 6) is -0.830. The van der Waals surface area contributed by atoms with Crippen molar-refractivity contribution < 1.29 is 9.21 Å². The number of rotatable bonds is 3. The topological polar surface area (TPSA) is 127 Å². The largest absolute Gasteiger partial charge is 0.423 e. The van der Waals surface area contributed by atoms with Gasteiger partial charge in [-0.25, -0.2) is 14.3 Å². The third-order valence-electron chi connectivity index (χ3n) is 4.52. The molecule has 1 fully saturated rings. The van der Waals surface area contributed by atoms with Gasteiger partial charge in [0.05, 0.1) is 29.3 Å².